The molecule has 0 aliphatic heterocycles. The zero-order chi connectivity index (χ0) is 14.1. The molecule has 0 aromatic heterocycles. The second-order valence-electron chi connectivity index (χ2n) is 4.08. The Morgan fingerprint density at radius 3 is 2.11 bits per heavy atom. The summed E-state index contributed by atoms with van der Waals surface area (Å²) in [6.07, 6.45) is -4.84. The van der Waals surface area contributed by atoms with Crippen LogP contribution < -0.4 is 10.6 Å². The minimum atomic E-state index is -4.84. The van der Waals surface area contributed by atoms with E-state index < -0.39 is 17.6 Å². The molecule has 1 unspecified atom stereocenters. The Kier molecular flexibility index (Phi) is 3.57. The summed E-state index contributed by atoms with van der Waals surface area (Å²) in [5.41, 5.74) is 2.29. The number of anilines is 1. The molecule has 1 aromatic carbocycles. The number of halogens is 3. The molecule has 4 nitrogen and oxygen atoms in total. The normalized spacial score (nSPS) is 15.0. The summed E-state index contributed by atoms with van der Waals surface area (Å²) in [6.45, 7) is 0.617. The summed E-state index contributed by atoms with van der Waals surface area (Å²) in [4.78, 5) is 12.5. The molecule has 0 saturated carbocycles. The summed E-state index contributed by atoms with van der Waals surface area (Å²) in [7, 11) is 1.19. The van der Waals surface area contributed by atoms with Crippen LogP contribution in [0.3, 0.4) is 0 Å². The molecule has 0 aliphatic rings. The van der Waals surface area contributed by atoms with E-state index in [1.165, 1.54) is 31.3 Å². The van der Waals surface area contributed by atoms with Crippen LogP contribution in [0.15, 0.2) is 24.3 Å². The number of hydrogen-bond acceptors (Lipinski definition) is 3. The number of nitrogens with zero attached hydrogens (tertiary/aromatic N) is 1. The summed E-state index contributed by atoms with van der Waals surface area (Å²) < 4.78 is 37.8. The lowest BCUT2D eigenvalue weighted by Gasteiger charge is -2.30. The summed E-state index contributed by atoms with van der Waals surface area (Å²) >= 11 is 0. The average molecular weight is 262 g/mol. The van der Waals surface area contributed by atoms with Crippen molar-refractivity contribution in [2.45, 2.75) is 18.6 Å². The molecule has 1 atom stereocenters. The number of carbonyl (C=O) groups excluding carboxylic acids is 1. The van der Waals surface area contributed by atoms with Crippen molar-refractivity contribution in [2.75, 3.05) is 11.9 Å². The lowest BCUT2D eigenvalue weighted by Crippen LogP contribution is -2.61. The van der Waals surface area contributed by atoms with Gasteiger partial charge in [0.05, 0.1) is 0 Å². The van der Waals surface area contributed by atoms with Crippen LogP contribution >= 0.6 is 0 Å². The fourth-order valence-corrected chi connectivity index (χ4v) is 1.26. The van der Waals surface area contributed by atoms with Crippen LogP contribution in [0.2, 0.25) is 0 Å². The van der Waals surface area contributed by atoms with Crippen LogP contribution in [0.25, 0.3) is 0 Å². The maximum Gasteiger partial charge on any atom is 0.415 e. The topological polar surface area (TPSA) is 66.6 Å². The first-order valence-corrected chi connectivity index (χ1v) is 5.00. The van der Waals surface area contributed by atoms with Gasteiger partial charge in [-0.25, -0.2) is 0 Å². The number of amides is 1. The minimum absolute atomic E-state index is 0.0501. The highest BCUT2D eigenvalue weighted by molar-refractivity contribution is 6.00. The Hall–Kier alpha value is -1.76. The molecule has 0 saturated heterocycles. The van der Waals surface area contributed by atoms with Crippen molar-refractivity contribution in [1.29, 1.82) is 0 Å². The van der Waals surface area contributed by atoms with E-state index in [1.54, 1.807) is 0 Å². The first-order chi connectivity index (χ1) is 8.07. The van der Waals surface area contributed by atoms with Crippen molar-refractivity contribution in [2.24, 2.45) is 5.73 Å². The molecule has 1 rings (SSSR count). The van der Waals surface area contributed by atoms with Crippen LogP contribution in [0.1, 0.15) is 6.92 Å². The van der Waals surface area contributed by atoms with E-state index in [0.717, 1.165) is 4.90 Å². The van der Waals surface area contributed by atoms with Crippen LogP contribution in [0.4, 0.5) is 18.9 Å². The van der Waals surface area contributed by atoms with Gasteiger partial charge in [0.25, 0.3) is 5.91 Å². The highest BCUT2D eigenvalue weighted by Crippen LogP contribution is 2.30. The predicted molar refractivity (Wildman–Crippen MR) is 60.2 cm³/mol. The van der Waals surface area contributed by atoms with Gasteiger partial charge in [-0.1, -0.05) is 0 Å². The van der Waals surface area contributed by atoms with Crippen LogP contribution in [0.5, 0.6) is 5.75 Å². The van der Waals surface area contributed by atoms with Crippen molar-refractivity contribution in [3.05, 3.63) is 24.3 Å². The van der Waals surface area contributed by atoms with Gasteiger partial charge in [0, 0.05) is 12.7 Å². The van der Waals surface area contributed by atoms with Crippen molar-refractivity contribution in [3.63, 3.8) is 0 Å². The molecule has 0 bridgehead atoms. The third kappa shape index (κ3) is 2.56. The third-order valence-corrected chi connectivity index (χ3v) is 2.57. The number of aromatic hydroxyl groups is 1. The van der Waals surface area contributed by atoms with E-state index in [2.05, 4.69) is 0 Å². The standard InChI is InChI=1S/C11H13F3N2O2/c1-10(15,11(12,13)14)9(18)16(2)7-3-5-8(17)6-4-7/h3-6,17H,15H2,1-2H3. The number of phenols is 1. The second-order valence-corrected chi connectivity index (χ2v) is 4.08. The van der Waals surface area contributed by atoms with Crippen LogP contribution in [0, 0.1) is 0 Å². The summed E-state index contributed by atoms with van der Waals surface area (Å²) in [5.74, 6) is -1.33. The number of hydrogen-bond donors (Lipinski definition) is 2. The molecule has 3 N–H and O–H groups in total. The number of alkyl halides is 3. The lowest BCUT2D eigenvalue weighted by molar-refractivity contribution is -0.185. The van der Waals surface area contributed by atoms with Gasteiger partial charge in [-0.2, -0.15) is 13.2 Å². The Morgan fingerprint density at radius 1 is 1.28 bits per heavy atom. The van der Waals surface area contributed by atoms with Gasteiger partial charge in [0.1, 0.15) is 5.75 Å². The number of rotatable bonds is 2. The van der Waals surface area contributed by atoms with Crippen LogP contribution in [-0.4, -0.2) is 29.8 Å². The van der Waals surface area contributed by atoms with Gasteiger partial charge in [-0.05, 0) is 31.2 Å². The van der Waals surface area contributed by atoms with Crippen molar-refractivity contribution in [3.8, 4) is 5.75 Å². The molecule has 0 fully saturated rings. The molecule has 1 amide bonds. The highest BCUT2D eigenvalue weighted by Gasteiger charge is 2.55. The minimum Gasteiger partial charge on any atom is -0.508 e. The van der Waals surface area contributed by atoms with Crippen LogP contribution in [-0.2, 0) is 4.79 Å². The Morgan fingerprint density at radius 2 is 1.72 bits per heavy atom. The Bertz CT molecular complexity index is 441. The molecule has 7 heteroatoms. The fraction of sp³-hybridized carbons (Fsp3) is 0.364. The van der Waals surface area contributed by atoms with Gasteiger partial charge < -0.3 is 15.7 Å². The zero-order valence-electron chi connectivity index (χ0n) is 9.82. The third-order valence-electron chi connectivity index (χ3n) is 2.57. The molecule has 0 heterocycles. The maximum atomic E-state index is 12.6. The van der Waals surface area contributed by atoms with E-state index in [-0.39, 0.29) is 11.4 Å². The Balaban J connectivity index is 3.01. The van der Waals surface area contributed by atoms with Gasteiger partial charge in [-0.15, -0.1) is 0 Å². The monoisotopic (exact) mass is 262 g/mol. The second kappa shape index (κ2) is 4.49. The van der Waals surface area contributed by atoms with E-state index in [0.29, 0.717) is 6.92 Å². The largest absolute Gasteiger partial charge is 0.508 e. The van der Waals surface area contributed by atoms with E-state index >= 15 is 0 Å². The van der Waals surface area contributed by atoms with Gasteiger partial charge in [-0.3, -0.25) is 4.79 Å². The predicted octanol–water partition coefficient (Wildman–Crippen LogP) is 1.63. The zero-order valence-corrected chi connectivity index (χ0v) is 9.82. The molecule has 100 valence electrons. The van der Waals surface area contributed by atoms with Gasteiger partial charge in [0.15, 0.2) is 5.54 Å². The fourth-order valence-electron chi connectivity index (χ4n) is 1.26. The number of benzene rings is 1. The number of likely N-dealkylation sites (N-methyl/N-ethyl adjacent to an activating group) is 1. The SMILES string of the molecule is CN(C(=O)C(C)(N)C(F)(F)F)c1ccc(O)cc1. The van der Waals surface area contributed by atoms with Gasteiger partial charge in [0.2, 0.25) is 0 Å². The summed E-state index contributed by atoms with van der Waals surface area (Å²) in [6, 6.07) is 5.17. The van der Waals surface area contributed by atoms with E-state index in [1.807, 2.05) is 0 Å². The first-order valence-electron chi connectivity index (χ1n) is 5.00. The van der Waals surface area contributed by atoms with Crippen molar-refractivity contribution in [1.82, 2.24) is 0 Å². The molecule has 1 aromatic rings. The molecule has 0 spiro atoms. The molecule has 18 heavy (non-hydrogen) atoms. The molecular formula is C11H13F3N2O2. The van der Waals surface area contributed by atoms with E-state index in [4.69, 9.17) is 10.8 Å². The van der Waals surface area contributed by atoms with Crippen molar-refractivity contribution < 1.29 is 23.1 Å². The van der Waals surface area contributed by atoms with E-state index in [9.17, 15) is 18.0 Å². The quantitative estimate of drug-likeness (QED) is 0.851. The lowest BCUT2D eigenvalue weighted by atomic mass is 10.0. The molecule has 0 aliphatic carbocycles. The number of nitrogens with two attached hydrogens (primary N) is 1. The van der Waals surface area contributed by atoms with Crippen molar-refractivity contribution >= 4 is 11.6 Å². The maximum absolute atomic E-state index is 12.6. The number of phenolic OH excluding ortho intramolecular Hbond substituents is 1. The smallest absolute Gasteiger partial charge is 0.415 e. The molecular weight excluding hydrogens is 249 g/mol. The van der Waals surface area contributed by atoms with Gasteiger partial charge >= 0.3 is 6.18 Å². The highest BCUT2D eigenvalue weighted by atomic mass is 19.4. The Labute approximate surface area is 102 Å². The average Bonchev–Trinajstić information content (AvgIpc) is 2.26. The number of carbonyl (C=O) groups is 1. The molecule has 0 radical (unpaired) electrons. The first kappa shape index (κ1) is 14.3. The summed E-state index contributed by atoms with van der Waals surface area (Å²) in [5, 5.41) is 9.06.